The number of ether oxygens (including phenoxy) is 2. The Morgan fingerprint density at radius 2 is 1.35 bits per heavy atom. The van der Waals surface area contributed by atoms with Crippen molar-refractivity contribution in [2.45, 2.75) is 45.5 Å². The second-order valence-corrected chi connectivity index (χ2v) is 7.26. The lowest BCUT2D eigenvalue weighted by atomic mass is 9.88. The smallest absolute Gasteiger partial charge is 0.406 e. The largest absolute Gasteiger partial charge is 0.573 e. The van der Waals surface area contributed by atoms with E-state index in [1.54, 1.807) is 18.2 Å². The van der Waals surface area contributed by atoms with Gasteiger partial charge in [0, 0.05) is 5.69 Å². The van der Waals surface area contributed by atoms with Crippen molar-refractivity contribution in [2.24, 2.45) is 0 Å². The average Bonchev–Trinajstić information content (AvgIpc) is 2.78. The van der Waals surface area contributed by atoms with Gasteiger partial charge in [0.15, 0.2) is 0 Å². The fourth-order valence-electron chi connectivity index (χ4n) is 3.85. The Bertz CT molecular complexity index is 1110. The Hall–Kier alpha value is -3.36. The van der Waals surface area contributed by atoms with Crippen LogP contribution in [0.25, 0.3) is 11.1 Å². The highest BCUT2D eigenvalue weighted by atomic mass is 19.4. The Labute approximate surface area is 193 Å². The van der Waals surface area contributed by atoms with Crippen molar-refractivity contribution < 1.29 is 35.8 Å². The standard InChI is InChI=1S/C23H17F6NO2.C2H6/c24-22(25,26)31-16-6-1-4-14(12-16)18-8-3-9-21-19(18)10-11-20(30-21)15-5-2-7-17(13-15)32-23(27,28)29;1-2/h1-9,12-13,20,30H,10-11H2;1-2H3. The van der Waals surface area contributed by atoms with Crippen LogP contribution in [0.2, 0.25) is 0 Å². The van der Waals surface area contributed by atoms with Gasteiger partial charge in [-0.2, -0.15) is 0 Å². The molecule has 0 saturated carbocycles. The summed E-state index contributed by atoms with van der Waals surface area (Å²) in [5.41, 5.74) is 3.65. The molecule has 0 aliphatic carbocycles. The molecule has 0 aromatic heterocycles. The van der Waals surface area contributed by atoms with Crippen molar-refractivity contribution in [3.8, 4) is 22.6 Å². The van der Waals surface area contributed by atoms with E-state index in [1.165, 1.54) is 36.4 Å². The summed E-state index contributed by atoms with van der Waals surface area (Å²) in [4.78, 5) is 0. The Morgan fingerprint density at radius 1 is 0.765 bits per heavy atom. The Balaban J connectivity index is 0.00000158. The maximum atomic E-state index is 12.6. The Kier molecular flexibility index (Phi) is 7.64. The van der Waals surface area contributed by atoms with Crippen molar-refractivity contribution in [2.75, 3.05) is 5.32 Å². The molecule has 1 aliphatic heterocycles. The van der Waals surface area contributed by atoms with Crippen LogP contribution in [0.5, 0.6) is 11.5 Å². The van der Waals surface area contributed by atoms with Gasteiger partial charge in [0.25, 0.3) is 0 Å². The quantitative estimate of drug-likeness (QED) is 0.379. The molecule has 3 aromatic carbocycles. The van der Waals surface area contributed by atoms with Crippen LogP contribution in [-0.4, -0.2) is 12.7 Å². The van der Waals surface area contributed by atoms with Gasteiger partial charge < -0.3 is 14.8 Å². The minimum absolute atomic E-state index is 0.241. The molecule has 0 fully saturated rings. The first-order valence-corrected chi connectivity index (χ1v) is 10.7. The van der Waals surface area contributed by atoms with Gasteiger partial charge in [0.2, 0.25) is 0 Å². The number of rotatable bonds is 4. The second kappa shape index (κ2) is 10.3. The Morgan fingerprint density at radius 3 is 2.00 bits per heavy atom. The van der Waals surface area contributed by atoms with Crippen LogP contribution in [0.4, 0.5) is 32.0 Å². The topological polar surface area (TPSA) is 30.5 Å². The molecule has 1 unspecified atom stereocenters. The van der Waals surface area contributed by atoms with Gasteiger partial charge in [0.1, 0.15) is 11.5 Å². The summed E-state index contributed by atoms with van der Waals surface area (Å²) < 4.78 is 83.3. The van der Waals surface area contributed by atoms with E-state index in [2.05, 4.69) is 14.8 Å². The third kappa shape index (κ3) is 6.59. The highest BCUT2D eigenvalue weighted by Gasteiger charge is 2.32. The molecule has 0 saturated heterocycles. The van der Waals surface area contributed by atoms with E-state index in [9.17, 15) is 26.3 Å². The lowest BCUT2D eigenvalue weighted by molar-refractivity contribution is -0.275. The maximum absolute atomic E-state index is 12.6. The summed E-state index contributed by atoms with van der Waals surface area (Å²) in [7, 11) is 0. The van der Waals surface area contributed by atoms with E-state index >= 15 is 0 Å². The third-order valence-corrected chi connectivity index (χ3v) is 5.06. The highest BCUT2D eigenvalue weighted by molar-refractivity contribution is 5.76. The number of hydrogen-bond donors (Lipinski definition) is 1. The van der Waals surface area contributed by atoms with E-state index in [1.807, 2.05) is 26.0 Å². The first-order valence-electron chi connectivity index (χ1n) is 10.7. The number of fused-ring (bicyclic) bond motifs is 1. The lowest BCUT2D eigenvalue weighted by Gasteiger charge is -2.29. The summed E-state index contributed by atoms with van der Waals surface area (Å²) in [5.74, 6) is -0.603. The van der Waals surface area contributed by atoms with Crippen molar-refractivity contribution in [1.82, 2.24) is 0 Å². The average molecular weight is 483 g/mol. The summed E-state index contributed by atoms with van der Waals surface area (Å²) in [6.07, 6.45) is -8.39. The van der Waals surface area contributed by atoms with Gasteiger partial charge in [0.05, 0.1) is 6.04 Å². The van der Waals surface area contributed by atoms with Gasteiger partial charge in [-0.1, -0.05) is 50.2 Å². The van der Waals surface area contributed by atoms with Crippen LogP contribution >= 0.6 is 0 Å². The fourth-order valence-corrected chi connectivity index (χ4v) is 3.85. The zero-order valence-electron chi connectivity index (χ0n) is 18.4. The van der Waals surface area contributed by atoms with Crippen LogP contribution < -0.4 is 14.8 Å². The molecule has 1 N–H and O–H groups in total. The highest BCUT2D eigenvalue weighted by Crippen LogP contribution is 2.40. The minimum atomic E-state index is -4.78. The molecule has 182 valence electrons. The number of benzene rings is 3. The van der Waals surface area contributed by atoms with E-state index < -0.39 is 12.7 Å². The molecule has 4 rings (SSSR count). The van der Waals surface area contributed by atoms with E-state index in [0.29, 0.717) is 24.0 Å². The van der Waals surface area contributed by atoms with Gasteiger partial charge in [-0.15, -0.1) is 26.3 Å². The predicted molar refractivity (Wildman–Crippen MR) is 118 cm³/mol. The SMILES string of the molecule is CC.FC(F)(F)Oc1cccc(-c2cccc3c2CCC(c2cccc(OC(F)(F)F)c2)N3)c1. The van der Waals surface area contributed by atoms with E-state index in [0.717, 1.165) is 16.8 Å². The molecule has 1 atom stereocenters. The first-order chi connectivity index (χ1) is 16.1. The first kappa shape index (κ1) is 25.3. The molecule has 0 amide bonds. The molecule has 3 aromatic rings. The van der Waals surface area contributed by atoms with Gasteiger partial charge >= 0.3 is 12.7 Å². The van der Waals surface area contributed by atoms with Crippen LogP contribution in [0.3, 0.4) is 0 Å². The van der Waals surface area contributed by atoms with Gasteiger partial charge in [-0.3, -0.25) is 0 Å². The molecule has 3 nitrogen and oxygen atoms in total. The van der Waals surface area contributed by atoms with E-state index in [-0.39, 0.29) is 17.5 Å². The zero-order chi connectivity index (χ0) is 24.9. The molecule has 34 heavy (non-hydrogen) atoms. The molecule has 1 heterocycles. The molecule has 0 bridgehead atoms. The molecule has 1 aliphatic rings. The van der Waals surface area contributed by atoms with Gasteiger partial charge in [-0.05, 0) is 65.4 Å². The molecule has 9 heteroatoms. The summed E-state index contributed by atoms with van der Waals surface area (Å²) in [5, 5.41) is 3.32. The zero-order valence-corrected chi connectivity index (χ0v) is 18.4. The number of hydrogen-bond acceptors (Lipinski definition) is 3. The lowest BCUT2D eigenvalue weighted by Crippen LogP contribution is -2.20. The fraction of sp³-hybridized carbons (Fsp3) is 0.280. The summed E-state index contributed by atoms with van der Waals surface area (Å²) >= 11 is 0. The van der Waals surface area contributed by atoms with Crippen LogP contribution in [0, 0.1) is 0 Å². The summed E-state index contributed by atoms with van der Waals surface area (Å²) in [6, 6.07) is 16.7. The monoisotopic (exact) mass is 483 g/mol. The minimum Gasteiger partial charge on any atom is -0.406 e. The van der Waals surface area contributed by atoms with Crippen LogP contribution in [0.1, 0.15) is 37.4 Å². The number of nitrogens with one attached hydrogen (secondary N) is 1. The number of halogens is 6. The molecule has 0 radical (unpaired) electrons. The predicted octanol–water partition coefficient (Wildman–Crippen LogP) is 8.28. The molecular weight excluding hydrogens is 460 g/mol. The number of alkyl halides is 6. The van der Waals surface area contributed by atoms with Crippen LogP contribution in [-0.2, 0) is 6.42 Å². The summed E-state index contributed by atoms with van der Waals surface area (Å²) in [6.45, 7) is 4.00. The third-order valence-electron chi connectivity index (χ3n) is 5.06. The van der Waals surface area contributed by atoms with Crippen molar-refractivity contribution >= 4 is 5.69 Å². The van der Waals surface area contributed by atoms with Crippen molar-refractivity contribution in [1.29, 1.82) is 0 Å². The van der Waals surface area contributed by atoms with Crippen molar-refractivity contribution in [3.63, 3.8) is 0 Å². The van der Waals surface area contributed by atoms with E-state index in [4.69, 9.17) is 0 Å². The molecular formula is C25H23F6NO2. The van der Waals surface area contributed by atoms with Gasteiger partial charge in [-0.25, -0.2) is 0 Å². The molecule has 0 spiro atoms. The van der Waals surface area contributed by atoms with Crippen molar-refractivity contribution in [3.05, 3.63) is 77.9 Å². The number of anilines is 1. The maximum Gasteiger partial charge on any atom is 0.573 e. The normalized spacial score (nSPS) is 15.4. The van der Waals surface area contributed by atoms with Crippen LogP contribution in [0.15, 0.2) is 66.7 Å². The second-order valence-electron chi connectivity index (χ2n) is 7.26.